The molecule has 56 heavy (non-hydrogen) atoms. The van der Waals surface area contributed by atoms with Crippen LogP contribution < -0.4 is 0 Å². The Balaban J connectivity index is 2.00. The fraction of sp³-hybridized carbons (Fsp3) is 1.00. The second-order valence-corrected chi connectivity index (χ2v) is 16.5. The van der Waals surface area contributed by atoms with Gasteiger partial charge in [-0.3, -0.25) is 18.1 Å². The summed E-state index contributed by atoms with van der Waals surface area (Å²) in [4.78, 5) is 0. The van der Waals surface area contributed by atoms with Gasteiger partial charge in [0.25, 0.3) is 0 Å². The van der Waals surface area contributed by atoms with Crippen LogP contribution in [0.4, 0.5) is 0 Å². The highest BCUT2D eigenvalue weighted by Crippen LogP contribution is 2.59. The second kappa shape index (κ2) is 20.9. The van der Waals surface area contributed by atoms with Crippen LogP contribution in [-0.2, 0) is 50.7 Å². The normalized spacial score (nSPS) is 39.6. The number of phosphoric ester groups is 2. The van der Waals surface area contributed by atoms with Crippen molar-refractivity contribution >= 4 is 15.6 Å². The minimum absolute atomic E-state index is 0.153. The van der Waals surface area contributed by atoms with Gasteiger partial charge < -0.3 is 70.4 Å². The van der Waals surface area contributed by atoms with Gasteiger partial charge >= 0.3 is 15.6 Å². The number of hydrogen-bond donors (Lipinski definition) is 11. The van der Waals surface area contributed by atoms with Crippen LogP contribution in [0.15, 0.2) is 0 Å². The van der Waals surface area contributed by atoms with Crippen LogP contribution in [0.2, 0.25) is 0 Å². The third-order valence-electron chi connectivity index (χ3n) is 10.5. The number of ether oxygens (including phenoxy) is 3. The molecule has 3 aliphatic heterocycles. The van der Waals surface area contributed by atoms with Gasteiger partial charge in [0.2, 0.25) is 0 Å². The fourth-order valence-corrected chi connectivity index (χ4v) is 10.2. The lowest BCUT2D eigenvalue weighted by Gasteiger charge is -2.45. The second-order valence-electron chi connectivity index (χ2n) is 13.6. The summed E-state index contributed by atoms with van der Waals surface area (Å²) in [6.45, 7) is 8.07. The highest BCUT2D eigenvalue weighted by molar-refractivity contribution is 7.48. The van der Waals surface area contributed by atoms with Crippen molar-refractivity contribution in [2.24, 2.45) is 0 Å². The molecule has 0 aromatic heterocycles. The molecule has 0 aliphatic carbocycles. The minimum atomic E-state index is -5.22. The van der Waals surface area contributed by atoms with E-state index in [0.29, 0.717) is 0 Å². The summed E-state index contributed by atoms with van der Waals surface area (Å²) in [5.41, 5.74) is 0. The van der Waals surface area contributed by atoms with Crippen molar-refractivity contribution in [3.8, 4) is 0 Å². The maximum absolute atomic E-state index is 14.6. The van der Waals surface area contributed by atoms with Crippen LogP contribution in [0.5, 0.6) is 0 Å². The van der Waals surface area contributed by atoms with Crippen molar-refractivity contribution in [2.75, 3.05) is 59.1 Å². The number of aliphatic hydroxyl groups is 11. The number of quaternary nitrogens is 2. The molecule has 26 heteroatoms. The first-order chi connectivity index (χ1) is 26.2. The molecule has 3 unspecified atom stereocenters. The van der Waals surface area contributed by atoms with Gasteiger partial charge in [-0.2, -0.15) is 9.29 Å². The SMILES string of the molecule is CC[N+](CC)(CC)OP(=O)(O[C@H]1O[C@H](CO)[C@@H](O)[C@H](O)[C@H]1O)O[C@H]1[C@H](O)[C@@H](O)[C@@H](OP(=O)(O[C@H]2[C@H](O)[C@@H](O)C(O)O[C@@H]2CO)O[N+](CC)(CC)CC)O[C@@H]1CO. The zero-order valence-corrected chi connectivity index (χ0v) is 34.0. The smallest absolute Gasteiger partial charge is 0.394 e. The number of rotatable bonds is 21. The Morgan fingerprint density at radius 1 is 0.446 bits per heavy atom. The van der Waals surface area contributed by atoms with E-state index >= 15 is 0 Å². The van der Waals surface area contributed by atoms with Crippen LogP contribution in [0.1, 0.15) is 41.5 Å². The minimum Gasteiger partial charge on any atom is -0.394 e. The van der Waals surface area contributed by atoms with Gasteiger partial charge in [-0.15, -0.1) is 0 Å². The third kappa shape index (κ3) is 11.1. The molecule has 3 rings (SSSR count). The van der Waals surface area contributed by atoms with Gasteiger partial charge in [0.05, 0.1) is 19.8 Å². The monoisotopic (exact) mass is 864 g/mol. The van der Waals surface area contributed by atoms with E-state index in [0.717, 1.165) is 0 Å². The molecule has 0 amide bonds. The molecular weight excluding hydrogens is 802 g/mol. The average molecular weight is 865 g/mol. The molecular formula is C30H62N2O22P2+2. The standard InChI is InChI=1S/C30H62N2O22P2/c1-7-31(8-2,9-3)53-55(44,49-26-17(14-34)46-28(43)23(40)21(26)38)52-30-25(42)22(39)27(18(15-35)48-30)50-56(45,54-32(10-4,11-5)12-6)51-29-24(41)20(37)19(36)16(13-33)47-29/h16-30,33-43H,7-15H2,1-6H3/q+2/t16-,17-,18-,19-,20+,21-,22-,23-,24-,25-,26-,27-,28?,29-,30-,55?,56?/m1/s1. The van der Waals surface area contributed by atoms with Crippen molar-refractivity contribution in [1.29, 1.82) is 0 Å². The van der Waals surface area contributed by atoms with E-state index in [9.17, 15) is 65.3 Å². The highest BCUT2D eigenvalue weighted by Gasteiger charge is 2.58. The van der Waals surface area contributed by atoms with Gasteiger partial charge in [0, 0.05) is 0 Å². The van der Waals surface area contributed by atoms with Crippen molar-refractivity contribution in [3.63, 3.8) is 0 Å². The Bertz CT molecular complexity index is 1280. The molecule has 0 saturated carbocycles. The Morgan fingerprint density at radius 3 is 1.16 bits per heavy atom. The first-order valence-electron chi connectivity index (χ1n) is 18.6. The Morgan fingerprint density at radius 2 is 0.786 bits per heavy atom. The van der Waals surface area contributed by atoms with E-state index in [1.807, 2.05) is 0 Å². The lowest BCUT2D eigenvalue weighted by atomic mass is 9.99. The van der Waals surface area contributed by atoms with Gasteiger partial charge in [0.15, 0.2) is 18.9 Å². The van der Waals surface area contributed by atoms with Gasteiger partial charge in [0.1, 0.15) is 113 Å². The lowest BCUT2D eigenvalue weighted by Crippen LogP contribution is -2.61. The van der Waals surface area contributed by atoms with Crippen LogP contribution in [0, 0.1) is 0 Å². The molecule has 11 N–H and O–H groups in total. The number of hydrogen-bond acceptors (Lipinski definition) is 22. The van der Waals surface area contributed by atoms with Gasteiger partial charge in [-0.25, -0.2) is 9.13 Å². The molecule has 0 bridgehead atoms. The number of aliphatic hydroxyl groups excluding tert-OH is 11. The average Bonchev–Trinajstić information content (AvgIpc) is 3.19. The molecule has 3 fully saturated rings. The zero-order chi connectivity index (χ0) is 42.4. The first-order valence-corrected chi connectivity index (χ1v) is 21.5. The van der Waals surface area contributed by atoms with Crippen molar-refractivity contribution in [1.82, 2.24) is 0 Å². The molecule has 17 atom stereocenters. The van der Waals surface area contributed by atoms with Gasteiger partial charge in [-0.1, -0.05) is 9.25 Å². The Hall–Kier alpha value is -0.420. The van der Waals surface area contributed by atoms with Crippen LogP contribution in [0.25, 0.3) is 0 Å². The summed E-state index contributed by atoms with van der Waals surface area (Å²) in [6, 6.07) is 0. The quantitative estimate of drug-likeness (QED) is 0.0300. The molecule has 3 heterocycles. The number of nitrogens with zero attached hydrogens (tertiary/aromatic N) is 2. The van der Waals surface area contributed by atoms with Crippen molar-refractivity contribution in [3.05, 3.63) is 0 Å². The summed E-state index contributed by atoms with van der Waals surface area (Å²) >= 11 is 0. The maximum atomic E-state index is 14.6. The summed E-state index contributed by atoms with van der Waals surface area (Å²) < 4.78 is 78.6. The molecule has 332 valence electrons. The third-order valence-corrected chi connectivity index (χ3v) is 13.5. The topological polar surface area (TPSA) is 340 Å². The molecule has 0 aromatic carbocycles. The van der Waals surface area contributed by atoms with E-state index < -0.39 is 137 Å². The molecule has 0 radical (unpaired) electrons. The zero-order valence-electron chi connectivity index (χ0n) is 32.2. The number of phosphoric acid groups is 2. The summed E-state index contributed by atoms with van der Waals surface area (Å²) in [6.07, 6.45) is -29.6. The molecule has 0 spiro atoms. The first kappa shape index (κ1) is 49.9. The predicted molar refractivity (Wildman–Crippen MR) is 185 cm³/mol. The summed E-state index contributed by atoms with van der Waals surface area (Å²) in [5.74, 6) is 0. The van der Waals surface area contributed by atoms with Gasteiger partial charge in [-0.05, 0) is 41.5 Å². The largest absolute Gasteiger partial charge is 0.523 e. The number of hydroxylamine groups is 6. The molecule has 3 saturated heterocycles. The molecule has 24 nitrogen and oxygen atoms in total. The van der Waals surface area contributed by atoms with E-state index in [1.165, 1.54) is 0 Å². The van der Waals surface area contributed by atoms with Crippen LogP contribution >= 0.6 is 15.6 Å². The van der Waals surface area contributed by atoms with E-state index in [-0.39, 0.29) is 39.3 Å². The van der Waals surface area contributed by atoms with Crippen molar-refractivity contribution < 1.29 is 116 Å². The molecule has 0 aromatic rings. The van der Waals surface area contributed by atoms with Crippen LogP contribution in [0.3, 0.4) is 0 Å². The van der Waals surface area contributed by atoms with Crippen LogP contribution in [-0.4, -0.2) is 217 Å². The fourth-order valence-electron chi connectivity index (χ4n) is 6.41. The summed E-state index contributed by atoms with van der Waals surface area (Å²) in [7, 11) is -10.4. The summed E-state index contributed by atoms with van der Waals surface area (Å²) in [5, 5.41) is 115. The Kier molecular flexibility index (Phi) is 18.6. The Labute approximate surface area is 324 Å². The van der Waals surface area contributed by atoms with Crippen molar-refractivity contribution in [2.45, 2.75) is 134 Å². The highest BCUT2D eigenvalue weighted by atomic mass is 31.2. The predicted octanol–water partition coefficient (Wildman–Crippen LogP) is -3.71. The van der Waals surface area contributed by atoms with E-state index in [4.69, 9.17) is 41.6 Å². The lowest BCUT2D eigenvalue weighted by molar-refractivity contribution is -1.08. The van der Waals surface area contributed by atoms with E-state index in [2.05, 4.69) is 0 Å². The van der Waals surface area contributed by atoms with E-state index in [1.54, 1.807) is 41.5 Å². The maximum Gasteiger partial charge on any atom is 0.523 e. The molecule has 3 aliphatic rings.